The maximum Gasteiger partial charge on any atom is 0.410 e. The van der Waals surface area contributed by atoms with Crippen LogP contribution in [-0.2, 0) is 10.2 Å². The average Bonchev–Trinajstić information content (AvgIpc) is 2.73. The Morgan fingerprint density at radius 1 is 1.20 bits per heavy atom. The average molecular weight is 414 g/mol. The summed E-state index contributed by atoms with van der Waals surface area (Å²) in [5, 5.41) is 10.0. The number of benzene rings is 1. The van der Waals surface area contributed by atoms with Crippen LogP contribution in [0.1, 0.15) is 58.9 Å². The van der Waals surface area contributed by atoms with E-state index in [1.165, 1.54) is 0 Å². The van der Waals surface area contributed by atoms with Crippen molar-refractivity contribution in [3.63, 3.8) is 0 Å². The third-order valence-electron chi connectivity index (χ3n) is 6.20. The van der Waals surface area contributed by atoms with Crippen molar-refractivity contribution in [2.24, 2.45) is 0 Å². The van der Waals surface area contributed by atoms with E-state index >= 15 is 0 Å². The van der Waals surface area contributed by atoms with E-state index in [0.29, 0.717) is 25.7 Å². The second-order valence-electron chi connectivity index (χ2n) is 9.39. The Bertz CT molecular complexity index is 765. The molecule has 0 unspecified atom stereocenters. The van der Waals surface area contributed by atoms with Crippen molar-refractivity contribution in [2.45, 2.75) is 70.4 Å². The molecule has 30 heavy (non-hydrogen) atoms. The molecule has 1 aromatic rings. The van der Waals surface area contributed by atoms with Crippen LogP contribution in [0.2, 0.25) is 0 Å². The zero-order valence-electron chi connectivity index (χ0n) is 18.8. The van der Waals surface area contributed by atoms with Crippen LogP contribution in [0, 0.1) is 11.3 Å². The highest BCUT2D eigenvalue weighted by Crippen LogP contribution is 2.41. The van der Waals surface area contributed by atoms with Crippen molar-refractivity contribution in [3.05, 3.63) is 29.8 Å². The number of piperazine rings is 1. The summed E-state index contributed by atoms with van der Waals surface area (Å²) in [5.74, 6) is 0.838. The quantitative estimate of drug-likeness (QED) is 0.734. The predicted molar refractivity (Wildman–Crippen MR) is 117 cm³/mol. The van der Waals surface area contributed by atoms with Gasteiger partial charge >= 0.3 is 6.09 Å². The van der Waals surface area contributed by atoms with Gasteiger partial charge in [-0.3, -0.25) is 4.90 Å². The number of hydrogen-bond acceptors (Lipinski definition) is 5. The highest BCUT2D eigenvalue weighted by atomic mass is 16.6. The van der Waals surface area contributed by atoms with Crippen LogP contribution in [0.15, 0.2) is 24.3 Å². The van der Waals surface area contributed by atoms with Crippen LogP contribution >= 0.6 is 0 Å². The first-order valence-electron chi connectivity index (χ1n) is 11.1. The first-order valence-corrected chi connectivity index (χ1v) is 11.1. The normalized spacial score (nSPS) is 25.4. The standard InChI is InChI=1S/C24H35N3O3/c1-5-29-21-8-6-7-19(17-21)24(18-25)11-9-20(10-12-24)26-13-15-27(16-14-26)22(28)30-23(2,3)4/h6-8,17,20H,5,9-16H2,1-4H3. The lowest BCUT2D eigenvalue weighted by Crippen LogP contribution is -2.54. The fourth-order valence-corrected chi connectivity index (χ4v) is 4.57. The first kappa shape index (κ1) is 22.4. The van der Waals surface area contributed by atoms with Gasteiger partial charge in [-0.05, 0) is 71.1 Å². The van der Waals surface area contributed by atoms with Gasteiger partial charge in [-0.2, -0.15) is 5.26 Å². The Kier molecular flexibility index (Phi) is 6.92. The summed E-state index contributed by atoms with van der Waals surface area (Å²) < 4.78 is 11.1. The van der Waals surface area contributed by atoms with E-state index in [-0.39, 0.29) is 6.09 Å². The molecule has 1 amide bonds. The second-order valence-corrected chi connectivity index (χ2v) is 9.39. The van der Waals surface area contributed by atoms with Crippen molar-refractivity contribution < 1.29 is 14.3 Å². The van der Waals surface area contributed by atoms with E-state index in [1.54, 1.807) is 0 Å². The SMILES string of the molecule is CCOc1cccc(C2(C#N)CCC(N3CCN(C(=O)OC(C)(C)C)CC3)CC2)c1. The highest BCUT2D eigenvalue weighted by molar-refractivity contribution is 5.68. The summed E-state index contributed by atoms with van der Waals surface area (Å²) in [6.45, 7) is 11.4. The van der Waals surface area contributed by atoms with Crippen molar-refractivity contribution in [3.8, 4) is 11.8 Å². The minimum absolute atomic E-state index is 0.219. The van der Waals surface area contributed by atoms with Gasteiger partial charge in [0.05, 0.1) is 18.1 Å². The molecule has 1 aliphatic carbocycles. The maximum atomic E-state index is 12.3. The molecular formula is C24H35N3O3. The number of nitrogens with zero attached hydrogens (tertiary/aromatic N) is 3. The monoisotopic (exact) mass is 413 g/mol. The molecule has 3 rings (SSSR count). The van der Waals surface area contributed by atoms with Crippen LogP contribution < -0.4 is 4.74 Å². The molecule has 2 aliphatic rings. The Balaban J connectivity index is 1.56. The fourth-order valence-electron chi connectivity index (χ4n) is 4.57. The van der Waals surface area contributed by atoms with Crippen molar-refractivity contribution in [1.29, 1.82) is 5.26 Å². The highest BCUT2D eigenvalue weighted by Gasteiger charge is 2.39. The van der Waals surface area contributed by atoms with E-state index in [4.69, 9.17) is 9.47 Å². The third-order valence-corrected chi connectivity index (χ3v) is 6.20. The molecule has 0 bridgehead atoms. The third kappa shape index (κ3) is 5.26. The summed E-state index contributed by atoms with van der Waals surface area (Å²) in [4.78, 5) is 16.6. The number of rotatable bonds is 4. The number of nitriles is 1. The number of carbonyl (C=O) groups excluding carboxylic acids is 1. The predicted octanol–water partition coefficient (Wildman–Crippen LogP) is 4.34. The topological polar surface area (TPSA) is 65.8 Å². The number of amides is 1. The zero-order chi connectivity index (χ0) is 21.8. The summed E-state index contributed by atoms with van der Waals surface area (Å²) in [6.07, 6.45) is 3.49. The number of ether oxygens (including phenoxy) is 2. The Hall–Kier alpha value is -2.26. The van der Waals surface area contributed by atoms with E-state index in [1.807, 2.05) is 50.8 Å². The first-order chi connectivity index (χ1) is 14.3. The minimum atomic E-state index is -0.461. The zero-order valence-corrected chi connectivity index (χ0v) is 18.8. The maximum absolute atomic E-state index is 12.3. The van der Waals surface area contributed by atoms with Gasteiger partial charge in [0.15, 0.2) is 0 Å². The molecule has 0 atom stereocenters. The molecular weight excluding hydrogens is 378 g/mol. The summed E-state index contributed by atoms with van der Waals surface area (Å²) >= 11 is 0. The van der Waals surface area contributed by atoms with Crippen molar-refractivity contribution >= 4 is 6.09 Å². The minimum Gasteiger partial charge on any atom is -0.494 e. The molecule has 0 spiro atoms. The van der Waals surface area contributed by atoms with Gasteiger partial charge in [0, 0.05) is 32.2 Å². The van der Waals surface area contributed by atoms with Gasteiger partial charge in [0.1, 0.15) is 11.4 Å². The summed E-state index contributed by atoms with van der Waals surface area (Å²) in [7, 11) is 0. The lowest BCUT2D eigenvalue weighted by atomic mass is 9.69. The number of hydrogen-bond donors (Lipinski definition) is 0. The van der Waals surface area contributed by atoms with E-state index in [9.17, 15) is 10.1 Å². The van der Waals surface area contributed by atoms with Crippen LogP contribution in [0.5, 0.6) is 5.75 Å². The lowest BCUT2D eigenvalue weighted by Gasteiger charge is -2.44. The smallest absolute Gasteiger partial charge is 0.410 e. The van der Waals surface area contributed by atoms with Crippen molar-refractivity contribution in [1.82, 2.24) is 9.80 Å². The van der Waals surface area contributed by atoms with E-state index in [0.717, 1.165) is 50.1 Å². The molecule has 1 aliphatic heterocycles. The van der Waals surface area contributed by atoms with E-state index < -0.39 is 11.0 Å². The van der Waals surface area contributed by atoms with Gasteiger partial charge in [-0.15, -0.1) is 0 Å². The van der Waals surface area contributed by atoms with Gasteiger partial charge in [-0.1, -0.05) is 12.1 Å². The van der Waals surface area contributed by atoms with Gasteiger partial charge in [0.25, 0.3) is 0 Å². The molecule has 1 aromatic carbocycles. The Morgan fingerprint density at radius 3 is 2.43 bits per heavy atom. The lowest BCUT2D eigenvalue weighted by molar-refractivity contribution is 0.00722. The fraction of sp³-hybridized carbons (Fsp3) is 0.667. The molecule has 1 heterocycles. The van der Waals surface area contributed by atoms with E-state index in [2.05, 4.69) is 17.0 Å². The second kappa shape index (κ2) is 9.26. The summed E-state index contributed by atoms with van der Waals surface area (Å²) in [6, 6.07) is 11.1. The van der Waals surface area contributed by atoms with Crippen LogP contribution in [0.3, 0.4) is 0 Å². The molecule has 2 fully saturated rings. The molecule has 0 radical (unpaired) electrons. The Morgan fingerprint density at radius 2 is 1.87 bits per heavy atom. The van der Waals surface area contributed by atoms with Gasteiger partial charge in [-0.25, -0.2) is 4.79 Å². The van der Waals surface area contributed by atoms with Crippen LogP contribution in [0.25, 0.3) is 0 Å². The molecule has 1 saturated carbocycles. The van der Waals surface area contributed by atoms with Gasteiger partial charge < -0.3 is 14.4 Å². The number of carbonyl (C=O) groups is 1. The largest absolute Gasteiger partial charge is 0.494 e. The van der Waals surface area contributed by atoms with Crippen molar-refractivity contribution in [2.75, 3.05) is 32.8 Å². The molecule has 1 saturated heterocycles. The molecule has 164 valence electrons. The molecule has 6 nitrogen and oxygen atoms in total. The molecule has 6 heteroatoms. The van der Waals surface area contributed by atoms with Crippen LogP contribution in [0.4, 0.5) is 4.79 Å². The molecule has 0 aromatic heterocycles. The summed E-state index contributed by atoms with van der Waals surface area (Å²) in [5.41, 5.74) is 0.184. The van der Waals surface area contributed by atoms with Gasteiger partial charge in [0.2, 0.25) is 0 Å². The molecule has 0 N–H and O–H groups in total. The Labute approximate surface area is 180 Å². The van der Waals surface area contributed by atoms with Crippen LogP contribution in [-0.4, -0.2) is 60.3 Å².